The van der Waals surface area contributed by atoms with Crippen LogP contribution in [-0.4, -0.2) is 11.4 Å². The molecule has 0 aliphatic carbocycles. The number of amides is 1. The smallest absolute Gasteiger partial charge is 0.213 e. The van der Waals surface area contributed by atoms with Gasteiger partial charge in [-0.2, -0.15) is 0 Å². The molecule has 50 valence electrons. The van der Waals surface area contributed by atoms with Crippen LogP contribution in [0.1, 0.15) is 0 Å². The number of carbonyl (C=O) groups excluding carboxylic acids is 1. The highest BCUT2D eigenvalue weighted by molar-refractivity contribution is 8.93. The van der Waals surface area contributed by atoms with Gasteiger partial charge in [0.1, 0.15) is 0 Å². The molecule has 0 aliphatic rings. The van der Waals surface area contributed by atoms with Gasteiger partial charge in [0.25, 0.3) is 0 Å². The molecule has 0 unspecified atom stereocenters. The predicted octanol–water partition coefficient (Wildman–Crippen LogP) is 1.29. The SMILES string of the molecule is Br.O=CNc1nccs1. The Morgan fingerprint density at radius 1 is 1.78 bits per heavy atom. The van der Waals surface area contributed by atoms with E-state index in [1.807, 2.05) is 0 Å². The maximum Gasteiger partial charge on any atom is 0.213 e. The summed E-state index contributed by atoms with van der Waals surface area (Å²) in [6.07, 6.45) is 2.25. The van der Waals surface area contributed by atoms with Crippen LogP contribution in [0.3, 0.4) is 0 Å². The second-order valence-electron chi connectivity index (χ2n) is 1.10. The van der Waals surface area contributed by atoms with Crippen molar-refractivity contribution in [1.29, 1.82) is 0 Å². The van der Waals surface area contributed by atoms with Crippen LogP contribution in [0.25, 0.3) is 0 Å². The predicted molar refractivity (Wildman–Crippen MR) is 42.1 cm³/mol. The summed E-state index contributed by atoms with van der Waals surface area (Å²) < 4.78 is 0. The minimum absolute atomic E-state index is 0. The molecule has 0 aliphatic heterocycles. The first-order chi connectivity index (χ1) is 3.93. The molecule has 0 spiro atoms. The number of hydrogen-bond acceptors (Lipinski definition) is 3. The van der Waals surface area contributed by atoms with Gasteiger partial charge in [-0.3, -0.25) is 4.79 Å². The highest BCUT2D eigenvalue weighted by Gasteiger charge is 1.86. The molecule has 0 fully saturated rings. The molecule has 1 N–H and O–H groups in total. The molecule has 9 heavy (non-hydrogen) atoms. The Balaban J connectivity index is 0.000000640. The molecular weight excluding hydrogens is 204 g/mol. The Hall–Kier alpha value is -0.420. The van der Waals surface area contributed by atoms with Gasteiger partial charge in [0.05, 0.1) is 0 Å². The number of halogens is 1. The molecule has 0 saturated heterocycles. The third-order valence-corrected chi connectivity index (χ3v) is 1.32. The van der Waals surface area contributed by atoms with E-state index in [-0.39, 0.29) is 17.0 Å². The summed E-state index contributed by atoms with van der Waals surface area (Å²) in [5, 5.41) is 4.85. The Morgan fingerprint density at radius 2 is 2.56 bits per heavy atom. The summed E-state index contributed by atoms with van der Waals surface area (Å²) in [5.74, 6) is 0. The van der Waals surface area contributed by atoms with Gasteiger partial charge in [-0.25, -0.2) is 4.98 Å². The van der Waals surface area contributed by atoms with Crippen molar-refractivity contribution in [1.82, 2.24) is 4.98 Å². The number of aromatic nitrogens is 1. The fraction of sp³-hybridized carbons (Fsp3) is 0. The van der Waals surface area contributed by atoms with E-state index in [1.54, 1.807) is 11.6 Å². The van der Waals surface area contributed by atoms with E-state index in [0.717, 1.165) is 0 Å². The van der Waals surface area contributed by atoms with Crippen molar-refractivity contribution in [3.8, 4) is 0 Å². The molecule has 0 aromatic carbocycles. The first-order valence-electron chi connectivity index (χ1n) is 2.03. The Morgan fingerprint density at radius 3 is 3.00 bits per heavy atom. The summed E-state index contributed by atoms with van der Waals surface area (Å²) >= 11 is 1.39. The minimum Gasteiger partial charge on any atom is -0.305 e. The van der Waals surface area contributed by atoms with Crippen LogP contribution in [0.15, 0.2) is 11.6 Å². The normalized spacial score (nSPS) is 7.56. The van der Waals surface area contributed by atoms with Crippen molar-refractivity contribution in [2.45, 2.75) is 0 Å². The number of hydrogen-bond donors (Lipinski definition) is 1. The molecule has 1 aromatic rings. The van der Waals surface area contributed by atoms with Crippen LogP contribution in [0.4, 0.5) is 5.13 Å². The number of carbonyl (C=O) groups is 1. The summed E-state index contributed by atoms with van der Waals surface area (Å²) in [7, 11) is 0. The van der Waals surface area contributed by atoms with Crippen LogP contribution < -0.4 is 5.32 Å². The number of thiazole rings is 1. The van der Waals surface area contributed by atoms with Gasteiger partial charge in [-0.05, 0) is 0 Å². The summed E-state index contributed by atoms with van der Waals surface area (Å²) in [6, 6.07) is 0. The fourth-order valence-corrected chi connectivity index (χ4v) is 0.834. The van der Waals surface area contributed by atoms with E-state index < -0.39 is 0 Å². The minimum atomic E-state index is 0. The number of nitrogens with one attached hydrogen (secondary N) is 1. The Bertz CT molecular complexity index is 165. The topological polar surface area (TPSA) is 42.0 Å². The van der Waals surface area contributed by atoms with Crippen LogP contribution in [-0.2, 0) is 4.79 Å². The van der Waals surface area contributed by atoms with Crippen molar-refractivity contribution in [2.75, 3.05) is 5.32 Å². The molecule has 1 heterocycles. The highest BCUT2D eigenvalue weighted by atomic mass is 79.9. The molecule has 1 rings (SSSR count). The van der Waals surface area contributed by atoms with Crippen LogP contribution in [0, 0.1) is 0 Å². The van der Waals surface area contributed by atoms with Gasteiger partial charge < -0.3 is 5.32 Å². The average molecular weight is 209 g/mol. The largest absolute Gasteiger partial charge is 0.305 e. The maximum absolute atomic E-state index is 9.73. The van der Waals surface area contributed by atoms with Crippen molar-refractivity contribution in [3.05, 3.63) is 11.6 Å². The summed E-state index contributed by atoms with van der Waals surface area (Å²) in [5.41, 5.74) is 0. The molecule has 0 radical (unpaired) electrons. The van der Waals surface area contributed by atoms with E-state index in [1.165, 1.54) is 11.3 Å². The van der Waals surface area contributed by atoms with Crippen molar-refractivity contribution >= 4 is 39.9 Å². The van der Waals surface area contributed by atoms with Gasteiger partial charge in [-0.1, -0.05) is 0 Å². The van der Waals surface area contributed by atoms with Gasteiger partial charge >= 0.3 is 0 Å². The van der Waals surface area contributed by atoms with Gasteiger partial charge in [0.2, 0.25) is 6.41 Å². The standard InChI is InChI=1S/C4H4N2OS.BrH/c7-3-6-4-5-1-2-8-4;/h1-3H,(H,5,6,7);1H. The zero-order valence-electron chi connectivity index (χ0n) is 4.40. The number of anilines is 1. The quantitative estimate of drug-likeness (QED) is 0.745. The Kier molecular flexibility index (Phi) is 4.25. The van der Waals surface area contributed by atoms with E-state index in [0.29, 0.717) is 11.5 Å². The lowest BCUT2D eigenvalue weighted by atomic mass is 11.0. The summed E-state index contributed by atoms with van der Waals surface area (Å²) in [6.45, 7) is 0. The van der Waals surface area contributed by atoms with Crippen molar-refractivity contribution in [3.63, 3.8) is 0 Å². The monoisotopic (exact) mass is 208 g/mol. The molecule has 0 saturated carbocycles. The average Bonchev–Trinajstić information content (AvgIpc) is 2.19. The third kappa shape index (κ3) is 2.57. The molecule has 0 bridgehead atoms. The van der Waals surface area contributed by atoms with Crippen LogP contribution >= 0.6 is 28.3 Å². The fourth-order valence-electron chi connectivity index (χ4n) is 0.345. The zero-order valence-corrected chi connectivity index (χ0v) is 6.93. The maximum atomic E-state index is 9.73. The second-order valence-corrected chi connectivity index (χ2v) is 1.99. The lowest BCUT2D eigenvalue weighted by Gasteiger charge is -1.82. The van der Waals surface area contributed by atoms with Crippen molar-refractivity contribution < 1.29 is 4.79 Å². The molecule has 1 amide bonds. The lowest BCUT2D eigenvalue weighted by Crippen LogP contribution is -1.90. The molecule has 1 aromatic heterocycles. The molecule has 5 heteroatoms. The molecule has 0 atom stereocenters. The van der Waals surface area contributed by atoms with Crippen LogP contribution in [0.5, 0.6) is 0 Å². The van der Waals surface area contributed by atoms with E-state index in [2.05, 4.69) is 10.3 Å². The van der Waals surface area contributed by atoms with Gasteiger partial charge in [-0.15, -0.1) is 28.3 Å². The van der Waals surface area contributed by atoms with E-state index in [4.69, 9.17) is 0 Å². The first kappa shape index (κ1) is 8.58. The van der Waals surface area contributed by atoms with E-state index >= 15 is 0 Å². The summed E-state index contributed by atoms with van der Waals surface area (Å²) in [4.78, 5) is 13.5. The number of rotatable bonds is 2. The van der Waals surface area contributed by atoms with Crippen molar-refractivity contribution in [2.24, 2.45) is 0 Å². The number of nitrogens with zero attached hydrogens (tertiary/aromatic N) is 1. The highest BCUT2D eigenvalue weighted by Crippen LogP contribution is 2.07. The lowest BCUT2D eigenvalue weighted by molar-refractivity contribution is -0.105. The molecular formula is C4H5BrN2OS. The van der Waals surface area contributed by atoms with Gasteiger partial charge in [0, 0.05) is 11.6 Å². The zero-order chi connectivity index (χ0) is 5.82. The first-order valence-corrected chi connectivity index (χ1v) is 2.91. The van der Waals surface area contributed by atoms with Gasteiger partial charge in [0.15, 0.2) is 5.13 Å². The van der Waals surface area contributed by atoms with Crippen LogP contribution in [0.2, 0.25) is 0 Å². The molecule has 3 nitrogen and oxygen atoms in total. The Labute approximate surface area is 66.9 Å². The third-order valence-electron chi connectivity index (χ3n) is 0.615. The second kappa shape index (κ2) is 4.46. The van der Waals surface area contributed by atoms with E-state index in [9.17, 15) is 4.79 Å².